The molecule has 7 nitrogen and oxygen atoms in total. The number of nitrogens with zero attached hydrogens (tertiary/aromatic N) is 1. The van der Waals surface area contributed by atoms with Crippen molar-refractivity contribution in [2.45, 2.75) is 25.5 Å². The van der Waals surface area contributed by atoms with E-state index in [1.165, 1.54) is 4.31 Å². The van der Waals surface area contributed by atoms with E-state index >= 15 is 0 Å². The number of rotatable bonds is 7. The number of esters is 1. The van der Waals surface area contributed by atoms with E-state index in [0.717, 1.165) is 10.0 Å². The van der Waals surface area contributed by atoms with Crippen molar-refractivity contribution in [2.24, 2.45) is 5.92 Å². The fourth-order valence-electron chi connectivity index (χ4n) is 3.51. The molecule has 1 heterocycles. The van der Waals surface area contributed by atoms with Crippen LogP contribution in [-0.4, -0.2) is 44.3 Å². The quantitative estimate of drug-likeness (QED) is 0.574. The van der Waals surface area contributed by atoms with Gasteiger partial charge in [0.1, 0.15) is 0 Å². The topological polar surface area (TPSA) is 92.8 Å². The van der Waals surface area contributed by atoms with E-state index in [1.54, 1.807) is 43.3 Å². The van der Waals surface area contributed by atoms with Crippen LogP contribution in [0.15, 0.2) is 53.0 Å². The molecule has 1 N–H and O–H groups in total. The molecule has 31 heavy (non-hydrogen) atoms. The van der Waals surface area contributed by atoms with Gasteiger partial charge in [-0.25, -0.2) is 17.5 Å². The predicted octanol–water partition coefficient (Wildman–Crippen LogP) is 3.81. The summed E-state index contributed by atoms with van der Waals surface area (Å²) in [6, 6.07) is 13.8. The maximum Gasteiger partial charge on any atom is 0.338 e. The molecule has 0 saturated carbocycles. The number of nitrogens with one attached hydrogen (secondary N) is 1. The lowest BCUT2D eigenvalue weighted by atomic mass is 9.97. The standard InChI is InChI=1S/C22H25BrN2O5S/c1-2-30-22(27)18-6-4-8-20(14-18)24-21(26)17-9-11-25(12-10-17)31(28,29)15-16-5-3-7-19(23)13-16/h3-8,13-14,17H,2,9-12,15H2,1H3,(H,24,26). The molecule has 166 valence electrons. The van der Waals surface area contributed by atoms with Gasteiger partial charge in [0, 0.05) is 29.2 Å². The Balaban J connectivity index is 1.56. The summed E-state index contributed by atoms with van der Waals surface area (Å²) in [5.41, 5.74) is 1.60. The zero-order chi connectivity index (χ0) is 22.4. The third-order valence-electron chi connectivity index (χ3n) is 5.10. The molecule has 0 bridgehead atoms. The normalized spacial score (nSPS) is 15.4. The van der Waals surface area contributed by atoms with Crippen LogP contribution in [0.5, 0.6) is 0 Å². The fourth-order valence-corrected chi connectivity index (χ4v) is 5.50. The van der Waals surface area contributed by atoms with Crippen LogP contribution in [0, 0.1) is 5.92 Å². The van der Waals surface area contributed by atoms with Crippen LogP contribution >= 0.6 is 15.9 Å². The van der Waals surface area contributed by atoms with Crippen molar-refractivity contribution < 1.29 is 22.7 Å². The van der Waals surface area contributed by atoms with Crippen LogP contribution in [0.25, 0.3) is 0 Å². The molecule has 2 aromatic rings. The fraction of sp³-hybridized carbons (Fsp3) is 0.364. The molecule has 3 rings (SSSR count). The van der Waals surface area contributed by atoms with Gasteiger partial charge in [0.15, 0.2) is 0 Å². The number of halogens is 1. The van der Waals surface area contributed by atoms with Crippen LogP contribution in [0.1, 0.15) is 35.7 Å². The molecule has 0 aliphatic carbocycles. The molecular weight excluding hydrogens is 484 g/mol. The van der Waals surface area contributed by atoms with Gasteiger partial charge in [0.2, 0.25) is 15.9 Å². The minimum absolute atomic E-state index is 0.0655. The molecule has 0 unspecified atom stereocenters. The Morgan fingerprint density at radius 1 is 1.13 bits per heavy atom. The summed E-state index contributed by atoms with van der Waals surface area (Å²) in [5, 5.41) is 2.83. The Labute approximate surface area is 191 Å². The molecule has 2 aromatic carbocycles. The molecule has 0 aromatic heterocycles. The SMILES string of the molecule is CCOC(=O)c1cccc(NC(=O)C2CCN(S(=O)(=O)Cc3cccc(Br)c3)CC2)c1. The van der Waals surface area contributed by atoms with Gasteiger partial charge in [-0.15, -0.1) is 0 Å². The van der Waals surface area contributed by atoms with Gasteiger partial charge in [0.05, 0.1) is 17.9 Å². The summed E-state index contributed by atoms with van der Waals surface area (Å²) in [4.78, 5) is 24.5. The molecule has 1 fully saturated rings. The van der Waals surface area contributed by atoms with Gasteiger partial charge >= 0.3 is 5.97 Å². The molecule has 9 heteroatoms. The zero-order valence-corrected chi connectivity index (χ0v) is 19.6. The van der Waals surface area contributed by atoms with Crippen LogP contribution in [0.4, 0.5) is 5.69 Å². The Kier molecular flexibility index (Phi) is 7.85. The van der Waals surface area contributed by atoms with Crippen LogP contribution in [0.2, 0.25) is 0 Å². The second-order valence-electron chi connectivity index (χ2n) is 7.35. The highest BCUT2D eigenvalue weighted by molar-refractivity contribution is 9.10. The minimum Gasteiger partial charge on any atom is -0.462 e. The number of ether oxygens (including phenoxy) is 1. The van der Waals surface area contributed by atoms with E-state index in [9.17, 15) is 18.0 Å². The molecule has 1 aliphatic rings. The van der Waals surface area contributed by atoms with Gasteiger partial charge in [-0.2, -0.15) is 0 Å². The first kappa shape index (κ1) is 23.4. The van der Waals surface area contributed by atoms with Crippen molar-refractivity contribution in [2.75, 3.05) is 25.0 Å². The smallest absolute Gasteiger partial charge is 0.338 e. The number of hydrogen-bond acceptors (Lipinski definition) is 5. The lowest BCUT2D eigenvalue weighted by Gasteiger charge is -2.30. The highest BCUT2D eigenvalue weighted by Crippen LogP contribution is 2.24. The number of sulfonamides is 1. The molecule has 0 spiro atoms. The van der Waals surface area contributed by atoms with Gasteiger partial charge in [0.25, 0.3) is 0 Å². The van der Waals surface area contributed by atoms with Crippen molar-refractivity contribution in [1.82, 2.24) is 4.31 Å². The number of anilines is 1. The van der Waals surface area contributed by atoms with Crippen LogP contribution in [0.3, 0.4) is 0 Å². The Bertz CT molecular complexity index is 1050. The summed E-state index contributed by atoms with van der Waals surface area (Å²) in [5.74, 6) is -0.972. The molecule has 1 amide bonds. The third-order valence-corrected chi connectivity index (χ3v) is 7.44. The molecule has 1 aliphatic heterocycles. The van der Waals surface area contributed by atoms with Crippen molar-refractivity contribution in [3.8, 4) is 0 Å². The van der Waals surface area contributed by atoms with E-state index in [4.69, 9.17) is 4.74 Å². The van der Waals surface area contributed by atoms with Gasteiger partial charge in [-0.3, -0.25) is 4.79 Å². The van der Waals surface area contributed by atoms with Gasteiger partial charge in [-0.1, -0.05) is 34.1 Å². The Morgan fingerprint density at radius 3 is 2.52 bits per heavy atom. The summed E-state index contributed by atoms with van der Waals surface area (Å²) in [6.45, 7) is 2.61. The van der Waals surface area contributed by atoms with E-state index in [1.807, 2.05) is 12.1 Å². The lowest BCUT2D eigenvalue weighted by Crippen LogP contribution is -2.41. The molecular formula is C22H25BrN2O5S. The maximum absolute atomic E-state index is 12.8. The van der Waals surface area contributed by atoms with Crippen molar-refractivity contribution in [3.63, 3.8) is 0 Å². The number of piperidine rings is 1. The van der Waals surface area contributed by atoms with E-state index in [-0.39, 0.29) is 24.2 Å². The third kappa shape index (κ3) is 6.38. The number of carbonyl (C=O) groups is 2. The Morgan fingerprint density at radius 2 is 1.84 bits per heavy atom. The highest BCUT2D eigenvalue weighted by Gasteiger charge is 2.31. The van der Waals surface area contributed by atoms with E-state index < -0.39 is 16.0 Å². The summed E-state index contributed by atoms with van der Waals surface area (Å²) in [6.07, 6.45) is 0.891. The van der Waals surface area contributed by atoms with Crippen molar-refractivity contribution >= 4 is 43.5 Å². The average Bonchev–Trinajstić information content (AvgIpc) is 2.74. The molecule has 0 radical (unpaired) electrons. The van der Waals surface area contributed by atoms with Gasteiger partial charge < -0.3 is 10.1 Å². The van der Waals surface area contributed by atoms with Gasteiger partial charge in [-0.05, 0) is 55.7 Å². The van der Waals surface area contributed by atoms with E-state index in [0.29, 0.717) is 37.2 Å². The number of hydrogen-bond donors (Lipinski definition) is 1. The number of benzene rings is 2. The summed E-state index contributed by atoms with van der Waals surface area (Å²) < 4.78 is 32.8. The molecule has 1 saturated heterocycles. The van der Waals surface area contributed by atoms with Crippen molar-refractivity contribution in [1.29, 1.82) is 0 Å². The second kappa shape index (κ2) is 10.4. The highest BCUT2D eigenvalue weighted by atomic mass is 79.9. The first-order chi connectivity index (χ1) is 14.8. The summed E-state index contributed by atoms with van der Waals surface area (Å²) in [7, 11) is -3.45. The largest absolute Gasteiger partial charge is 0.462 e. The Hall–Kier alpha value is -2.23. The minimum atomic E-state index is -3.45. The predicted molar refractivity (Wildman–Crippen MR) is 122 cm³/mol. The van der Waals surface area contributed by atoms with Crippen LogP contribution in [-0.2, 0) is 25.3 Å². The monoisotopic (exact) mass is 508 g/mol. The maximum atomic E-state index is 12.8. The first-order valence-electron chi connectivity index (χ1n) is 10.1. The second-order valence-corrected chi connectivity index (χ2v) is 10.2. The average molecular weight is 509 g/mol. The zero-order valence-electron chi connectivity index (χ0n) is 17.2. The van der Waals surface area contributed by atoms with E-state index in [2.05, 4.69) is 21.2 Å². The van der Waals surface area contributed by atoms with Crippen LogP contribution < -0.4 is 5.32 Å². The number of amides is 1. The van der Waals surface area contributed by atoms with Crippen molar-refractivity contribution in [3.05, 3.63) is 64.1 Å². The molecule has 0 atom stereocenters. The lowest BCUT2D eigenvalue weighted by molar-refractivity contribution is -0.120. The number of carbonyl (C=O) groups excluding carboxylic acids is 2. The first-order valence-corrected chi connectivity index (χ1v) is 12.5. The summed E-state index contributed by atoms with van der Waals surface area (Å²) >= 11 is 3.36.